The summed E-state index contributed by atoms with van der Waals surface area (Å²) >= 11 is 0. The Kier molecular flexibility index (Phi) is 2.64. The molecule has 0 aliphatic rings. The average molecular weight is 107 g/mol. The summed E-state index contributed by atoms with van der Waals surface area (Å²) in [6.45, 7) is 7.25. The van der Waals surface area contributed by atoms with Gasteiger partial charge in [0.05, 0.1) is 11.6 Å². The Morgan fingerprint density at radius 3 is 2.12 bits per heavy atom. The van der Waals surface area contributed by atoms with Crippen molar-refractivity contribution in [3.8, 4) is 6.07 Å². The van der Waals surface area contributed by atoms with Crippen LogP contribution in [-0.2, 0) is 0 Å². The van der Waals surface area contributed by atoms with Crippen molar-refractivity contribution in [2.24, 2.45) is 0 Å². The first kappa shape index (κ1) is 6.97. The summed E-state index contributed by atoms with van der Waals surface area (Å²) in [6, 6.07) is 2.01. The third-order valence-corrected chi connectivity index (χ3v) is 0.863. The van der Waals surface area contributed by atoms with Crippen LogP contribution < -0.4 is 0 Å². The molecule has 0 N–H and O–H groups in total. The first-order valence-electron chi connectivity index (χ1n) is 2.42. The minimum absolute atomic E-state index is 0.671. The van der Waals surface area contributed by atoms with E-state index in [9.17, 15) is 0 Å². The van der Waals surface area contributed by atoms with E-state index < -0.39 is 0 Å². The molecule has 0 aliphatic heterocycles. The Balaban J connectivity index is 4.38. The Labute approximate surface area is 49.9 Å². The third kappa shape index (κ3) is 1.61. The molecule has 0 aliphatic carbocycles. The maximum absolute atomic E-state index is 8.32. The van der Waals surface area contributed by atoms with Crippen LogP contribution in [0.4, 0.5) is 0 Å². The summed E-state index contributed by atoms with van der Waals surface area (Å²) in [5, 5.41) is 8.32. The second-order valence-corrected chi connectivity index (χ2v) is 1.73. The Bertz CT molecular complexity index is 154. The molecule has 0 atom stereocenters. The summed E-state index contributed by atoms with van der Waals surface area (Å²) in [5.41, 5.74) is 1.69. The first-order valence-corrected chi connectivity index (χ1v) is 2.42. The van der Waals surface area contributed by atoms with Crippen LogP contribution in [0.5, 0.6) is 0 Å². The fourth-order valence-electron chi connectivity index (χ4n) is 0.362. The van der Waals surface area contributed by atoms with Crippen molar-refractivity contribution in [1.29, 1.82) is 5.26 Å². The standard InChI is InChI=1S/C7H9N/c1-4-7(5-8)6(2)3/h4H,1H2,2-3H3. The van der Waals surface area contributed by atoms with Gasteiger partial charge in [-0.3, -0.25) is 0 Å². The largest absolute Gasteiger partial charge is 0.192 e. The molecular weight excluding hydrogens is 98.1 g/mol. The lowest BCUT2D eigenvalue weighted by Crippen LogP contribution is -1.73. The highest BCUT2D eigenvalue weighted by atomic mass is 14.2. The minimum Gasteiger partial charge on any atom is -0.192 e. The van der Waals surface area contributed by atoms with E-state index in [2.05, 4.69) is 6.58 Å². The van der Waals surface area contributed by atoms with Gasteiger partial charge in [0, 0.05) is 0 Å². The molecule has 0 amide bonds. The summed E-state index contributed by atoms with van der Waals surface area (Å²) in [7, 11) is 0. The molecule has 0 saturated heterocycles. The van der Waals surface area contributed by atoms with Crippen LogP contribution in [0, 0.1) is 11.3 Å². The monoisotopic (exact) mass is 107 g/mol. The van der Waals surface area contributed by atoms with Gasteiger partial charge in [0.15, 0.2) is 0 Å². The summed E-state index contributed by atoms with van der Waals surface area (Å²) in [4.78, 5) is 0. The maximum atomic E-state index is 8.32. The fourth-order valence-corrected chi connectivity index (χ4v) is 0.362. The molecule has 0 aromatic heterocycles. The van der Waals surface area contributed by atoms with E-state index in [0.29, 0.717) is 5.57 Å². The fraction of sp³-hybridized carbons (Fsp3) is 0.286. The van der Waals surface area contributed by atoms with Crippen molar-refractivity contribution in [2.75, 3.05) is 0 Å². The van der Waals surface area contributed by atoms with Crippen molar-refractivity contribution >= 4 is 0 Å². The number of rotatable bonds is 1. The number of nitriles is 1. The topological polar surface area (TPSA) is 23.8 Å². The van der Waals surface area contributed by atoms with E-state index >= 15 is 0 Å². The number of allylic oxidation sites excluding steroid dienone is 3. The Morgan fingerprint density at radius 2 is 2.12 bits per heavy atom. The van der Waals surface area contributed by atoms with Gasteiger partial charge >= 0.3 is 0 Å². The molecule has 1 nitrogen and oxygen atoms in total. The highest BCUT2D eigenvalue weighted by Crippen LogP contribution is 2.00. The number of hydrogen-bond donors (Lipinski definition) is 0. The predicted molar refractivity (Wildman–Crippen MR) is 34.2 cm³/mol. The van der Waals surface area contributed by atoms with Gasteiger partial charge in [-0.1, -0.05) is 18.2 Å². The van der Waals surface area contributed by atoms with Crippen molar-refractivity contribution in [3.63, 3.8) is 0 Å². The molecule has 0 unspecified atom stereocenters. The van der Waals surface area contributed by atoms with Gasteiger partial charge < -0.3 is 0 Å². The molecule has 0 saturated carbocycles. The third-order valence-electron chi connectivity index (χ3n) is 0.863. The molecule has 1 heteroatoms. The van der Waals surface area contributed by atoms with Gasteiger partial charge in [-0.15, -0.1) is 0 Å². The lowest BCUT2D eigenvalue weighted by Gasteiger charge is -1.87. The molecule has 0 bridgehead atoms. The zero-order chi connectivity index (χ0) is 6.57. The van der Waals surface area contributed by atoms with Crippen LogP contribution in [0.25, 0.3) is 0 Å². The lowest BCUT2D eigenvalue weighted by molar-refractivity contribution is 1.34. The van der Waals surface area contributed by atoms with Crippen LogP contribution in [0.1, 0.15) is 13.8 Å². The second kappa shape index (κ2) is 3.04. The second-order valence-electron chi connectivity index (χ2n) is 1.73. The minimum atomic E-state index is 0.671. The number of nitrogens with zero attached hydrogens (tertiary/aromatic N) is 1. The molecule has 0 heterocycles. The van der Waals surface area contributed by atoms with Gasteiger partial charge in [-0.25, -0.2) is 0 Å². The molecule has 8 heavy (non-hydrogen) atoms. The summed E-state index contributed by atoms with van der Waals surface area (Å²) in [6.07, 6.45) is 1.56. The zero-order valence-corrected chi connectivity index (χ0v) is 5.23. The van der Waals surface area contributed by atoms with E-state index in [4.69, 9.17) is 5.26 Å². The molecular formula is C7H9N. The van der Waals surface area contributed by atoms with Crippen LogP contribution in [0.2, 0.25) is 0 Å². The van der Waals surface area contributed by atoms with Crippen LogP contribution in [0.3, 0.4) is 0 Å². The smallest absolute Gasteiger partial charge is 0.0990 e. The molecule has 0 aromatic rings. The lowest BCUT2D eigenvalue weighted by atomic mass is 10.2. The van der Waals surface area contributed by atoms with E-state index in [-0.39, 0.29) is 0 Å². The van der Waals surface area contributed by atoms with E-state index in [1.54, 1.807) is 6.08 Å². The molecule has 0 rings (SSSR count). The Hall–Kier alpha value is -1.03. The quantitative estimate of drug-likeness (QED) is 0.371. The van der Waals surface area contributed by atoms with Gasteiger partial charge in [0.1, 0.15) is 0 Å². The maximum Gasteiger partial charge on any atom is 0.0990 e. The molecule has 0 spiro atoms. The predicted octanol–water partition coefficient (Wildman–Crippen LogP) is 2.03. The van der Waals surface area contributed by atoms with Crippen molar-refractivity contribution in [1.82, 2.24) is 0 Å². The van der Waals surface area contributed by atoms with E-state index in [0.717, 1.165) is 5.57 Å². The SMILES string of the molecule is C=CC(C#N)=C(C)C. The average Bonchev–Trinajstić information content (AvgIpc) is 1.69. The van der Waals surface area contributed by atoms with Crippen molar-refractivity contribution < 1.29 is 0 Å². The van der Waals surface area contributed by atoms with Gasteiger partial charge in [-0.2, -0.15) is 5.26 Å². The normalized spacial score (nSPS) is 7.12. The molecule has 42 valence electrons. The van der Waals surface area contributed by atoms with Crippen LogP contribution in [-0.4, -0.2) is 0 Å². The number of hydrogen-bond acceptors (Lipinski definition) is 1. The van der Waals surface area contributed by atoms with Crippen LogP contribution in [0.15, 0.2) is 23.8 Å². The first-order chi connectivity index (χ1) is 3.72. The van der Waals surface area contributed by atoms with Crippen molar-refractivity contribution in [3.05, 3.63) is 23.8 Å². The van der Waals surface area contributed by atoms with Crippen molar-refractivity contribution in [2.45, 2.75) is 13.8 Å². The molecule has 0 aromatic carbocycles. The summed E-state index contributed by atoms with van der Waals surface area (Å²) < 4.78 is 0. The highest BCUT2D eigenvalue weighted by molar-refractivity contribution is 5.34. The van der Waals surface area contributed by atoms with Crippen LogP contribution >= 0.6 is 0 Å². The van der Waals surface area contributed by atoms with Gasteiger partial charge in [0.2, 0.25) is 0 Å². The highest BCUT2D eigenvalue weighted by Gasteiger charge is 1.86. The van der Waals surface area contributed by atoms with Gasteiger partial charge in [-0.05, 0) is 13.8 Å². The molecule has 0 fully saturated rings. The van der Waals surface area contributed by atoms with Gasteiger partial charge in [0.25, 0.3) is 0 Å². The zero-order valence-electron chi connectivity index (χ0n) is 5.23. The Morgan fingerprint density at radius 1 is 1.62 bits per heavy atom. The molecule has 0 radical (unpaired) electrons. The van der Waals surface area contributed by atoms with E-state index in [1.807, 2.05) is 19.9 Å². The summed E-state index contributed by atoms with van der Waals surface area (Å²) in [5.74, 6) is 0. The van der Waals surface area contributed by atoms with E-state index in [1.165, 1.54) is 0 Å².